The van der Waals surface area contributed by atoms with E-state index in [1.54, 1.807) is 27.9 Å². The van der Waals surface area contributed by atoms with Crippen molar-refractivity contribution in [2.75, 3.05) is 14.2 Å². The van der Waals surface area contributed by atoms with Crippen LogP contribution in [0, 0.1) is 0 Å². The van der Waals surface area contributed by atoms with E-state index in [0.29, 0.717) is 5.56 Å². The van der Waals surface area contributed by atoms with Crippen molar-refractivity contribution >= 4 is 12.1 Å². The molecule has 0 saturated heterocycles. The first-order valence-corrected chi connectivity index (χ1v) is 9.12. The molecule has 0 aliphatic heterocycles. The summed E-state index contributed by atoms with van der Waals surface area (Å²) in [6, 6.07) is 15.0. The van der Waals surface area contributed by atoms with Gasteiger partial charge >= 0.3 is 12.1 Å². The summed E-state index contributed by atoms with van der Waals surface area (Å²) in [6.07, 6.45) is -1.42. The van der Waals surface area contributed by atoms with Crippen molar-refractivity contribution in [3.05, 3.63) is 54.1 Å². The molecule has 1 amide bonds. The zero-order valence-electron chi connectivity index (χ0n) is 17.3. The number of rotatable bonds is 7. The molecular weight excluding hydrogens is 374 g/mol. The predicted octanol–water partition coefficient (Wildman–Crippen LogP) is 3.86. The lowest BCUT2D eigenvalue weighted by Crippen LogP contribution is -2.60. The first-order valence-electron chi connectivity index (χ1n) is 9.12. The summed E-state index contributed by atoms with van der Waals surface area (Å²) in [5, 5.41) is 11.5. The minimum atomic E-state index is -1.87. The Morgan fingerprint density at radius 2 is 1.62 bits per heavy atom. The average Bonchev–Trinajstić information content (AvgIpc) is 2.66. The first-order chi connectivity index (χ1) is 13.6. The summed E-state index contributed by atoms with van der Waals surface area (Å²) in [4.78, 5) is 23.9. The lowest BCUT2D eigenvalue weighted by molar-refractivity contribution is -0.193. The van der Waals surface area contributed by atoms with Crippen molar-refractivity contribution < 1.29 is 28.9 Å². The fourth-order valence-electron chi connectivity index (χ4n) is 3.10. The van der Waals surface area contributed by atoms with Crippen molar-refractivity contribution in [1.82, 2.24) is 5.32 Å². The summed E-state index contributed by atoms with van der Waals surface area (Å²) in [5.41, 5.74) is -0.112. The number of hydrogen-bond acceptors (Lipinski definition) is 5. The summed E-state index contributed by atoms with van der Waals surface area (Å²) in [5.74, 6) is -0.0728. The first kappa shape index (κ1) is 22.2. The van der Waals surface area contributed by atoms with Crippen LogP contribution in [-0.2, 0) is 20.7 Å². The molecule has 2 N–H and O–H groups in total. The third-order valence-corrected chi connectivity index (χ3v) is 4.13. The van der Waals surface area contributed by atoms with Crippen LogP contribution in [0.1, 0.15) is 26.3 Å². The molecule has 156 valence electrons. The van der Waals surface area contributed by atoms with E-state index in [2.05, 4.69) is 5.32 Å². The largest absolute Gasteiger partial charge is 0.496 e. The second kappa shape index (κ2) is 8.96. The maximum absolute atomic E-state index is 12.5. The van der Waals surface area contributed by atoms with Gasteiger partial charge in [0.15, 0.2) is 0 Å². The Hall–Kier alpha value is -3.06. The summed E-state index contributed by atoms with van der Waals surface area (Å²) < 4.78 is 16.1. The topological polar surface area (TPSA) is 94.1 Å². The Labute approximate surface area is 170 Å². The van der Waals surface area contributed by atoms with Crippen LogP contribution >= 0.6 is 0 Å². The standard InChI is InChI=1S/C22H27NO6/c1-21(2,3)29-22(19(24)28-5,23-20(25)26)14-15-10-12-16(13-11-15)17-8-6-7-9-18(17)27-4/h6-13,23H,14H2,1-5H3,(H,25,26)/t22-/m0/s1. The van der Waals surface area contributed by atoms with Crippen molar-refractivity contribution in [2.45, 2.75) is 38.5 Å². The van der Waals surface area contributed by atoms with Gasteiger partial charge in [-0.15, -0.1) is 0 Å². The van der Waals surface area contributed by atoms with Crippen LogP contribution in [-0.4, -0.2) is 42.7 Å². The van der Waals surface area contributed by atoms with Crippen LogP contribution in [0.25, 0.3) is 11.1 Å². The van der Waals surface area contributed by atoms with E-state index in [9.17, 15) is 14.7 Å². The fraction of sp³-hybridized carbons (Fsp3) is 0.364. The lowest BCUT2D eigenvalue weighted by atomic mass is 9.97. The zero-order chi connectivity index (χ0) is 21.7. The number of ether oxygens (including phenoxy) is 3. The fourth-order valence-corrected chi connectivity index (χ4v) is 3.10. The van der Waals surface area contributed by atoms with Gasteiger partial charge in [-0.2, -0.15) is 0 Å². The van der Waals surface area contributed by atoms with Crippen LogP contribution < -0.4 is 10.1 Å². The van der Waals surface area contributed by atoms with Gasteiger partial charge in [-0.05, 0) is 38.0 Å². The number of methoxy groups -OCH3 is 2. The Morgan fingerprint density at radius 3 is 2.14 bits per heavy atom. The molecule has 0 fully saturated rings. The SMILES string of the molecule is COC(=O)[C@@](Cc1ccc(-c2ccccc2OC)cc1)(NC(=O)O)OC(C)(C)C. The highest BCUT2D eigenvalue weighted by Crippen LogP contribution is 2.31. The molecule has 0 heterocycles. The number of para-hydroxylation sites is 1. The number of benzene rings is 2. The highest BCUT2D eigenvalue weighted by molar-refractivity contribution is 5.84. The molecule has 2 rings (SSSR count). The molecule has 0 aromatic heterocycles. The quantitative estimate of drug-likeness (QED) is 0.541. The molecule has 0 aliphatic carbocycles. The molecule has 7 nitrogen and oxygen atoms in total. The predicted molar refractivity (Wildman–Crippen MR) is 109 cm³/mol. The van der Waals surface area contributed by atoms with Crippen LogP contribution in [0.15, 0.2) is 48.5 Å². The molecule has 2 aromatic rings. The Balaban J connectivity index is 2.40. The third kappa shape index (κ3) is 5.71. The van der Waals surface area contributed by atoms with Gasteiger partial charge in [0.1, 0.15) is 5.75 Å². The van der Waals surface area contributed by atoms with Crippen molar-refractivity contribution in [1.29, 1.82) is 0 Å². The Morgan fingerprint density at radius 1 is 1.00 bits per heavy atom. The van der Waals surface area contributed by atoms with Crippen LogP contribution in [0.3, 0.4) is 0 Å². The Kier molecular flexibility index (Phi) is 6.87. The number of nitrogens with one attached hydrogen (secondary N) is 1. The second-order valence-electron chi connectivity index (χ2n) is 7.54. The highest BCUT2D eigenvalue weighted by atomic mass is 16.6. The maximum atomic E-state index is 12.5. The number of esters is 1. The number of carbonyl (C=O) groups excluding carboxylic acids is 1. The molecule has 0 saturated carbocycles. The zero-order valence-corrected chi connectivity index (χ0v) is 17.3. The Bertz CT molecular complexity index is 856. The van der Waals surface area contributed by atoms with Crippen LogP contribution in [0.4, 0.5) is 4.79 Å². The van der Waals surface area contributed by atoms with Gasteiger partial charge in [0.05, 0.1) is 19.8 Å². The summed E-state index contributed by atoms with van der Waals surface area (Å²) in [7, 11) is 2.80. The molecule has 1 atom stereocenters. The van der Waals surface area contributed by atoms with Gasteiger partial charge in [0, 0.05) is 12.0 Å². The lowest BCUT2D eigenvalue weighted by Gasteiger charge is -2.36. The number of carbonyl (C=O) groups is 2. The van der Waals surface area contributed by atoms with Gasteiger partial charge < -0.3 is 19.3 Å². The highest BCUT2D eigenvalue weighted by Gasteiger charge is 2.46. The molecular formula is C22H27NO6. The molecule has 0 bridgehead atoms. The molecule has 0 unspecified atom stereocenters. The summed E-state index contributed by atoms with van der Waals surface area (Å²) >= 11 is 0. The second-order valence-corrected chi connectivity index (χ2v) is 7.54. The normalized spacial score (nSPS) is 13.3. The monoisotopic (exact) mass is 401 g/mol. The van der Waals surface area contributed by atoms with E-state index in [1.807, 2.05) is 48.5 Å². The van der Waals surface area contributed by atoms with E-state index in [1.165, 1.54) is 7.11 Å². The van der Waals surface area contributed by atoms with Crippen LogP contribution in [0.2, 0.25) is 0 Å². The van der Waals surface area contributed by atoms with Crippen molar-refractivity contribution in [3.63, 3.8) is 0 Å². The number of amides is 1. The molecule has 7 heteroatoms. The number of hydrogen-bond donors (Lipinski definition) is 2. The van der Waals surface area contributed by atoms with E-state index in [4.69, 9.17) is 14.2 Å². The molecule has 0 aliphatic rings. The van der Waals surface area contributed by atoms with Gasteiger partial charge in [-0.25, -0.2) is 9.59 Å². The maximum Gasteiger partial charge on any atom is 0.407 e. The van der Waals surface area contributed by atoms with E-state index in [-0.39, 0.29) is 6.42 Å². The molecule has 2 aromatic carbocycles. The minimum absolute atomic E-state index is 0.0323. The van der Waals surface area contributed by atoms with Gasteiger partial charge in [0.2, 0.25) is 5.72 Å². The smallest absolute Gasteiger partial charge is 0.407 e. The van der Waals surface area contributed by atoms with Crippen LogP contribution in [0.5, 0.6) is 5.75 Å². The van der Waals surface area contributed by atoms with E-state index in [0.717, 1.165) is 16.9 Å². The van der Waals surface area contributed by atoms with Crippen molar-refractivity contribution in [2.24, 2.45) is 0 Å². The third-order valence-electron chi connectivity index (χ3n) is 4.13. The van der Waals surface area contributed by atoms with Gasteiger partial charge in [-0.1, -0.05) is 42.5 Å². The molecule has 29 heavy (non-hydrogen) atoms. The number of carboxylic acid groups (broad SMARTS) is 1. The molecule has 0 spiro atoms. The van der Waals surface area contributed by atoms with Gasteiger partial charge in [0.25, 0.3) is 0 Å². The molecule has 0 radical (unpaired) electrons. The van der Waals surface area contributed by atoms with E-state index < -0.39 is 23.4 Å². The average molecular weight is 401 g/mol. The van der Waals surface area contributed by atoms with Crippen molar-refractivity contribution in [3.8, 4) is 16.9 Å². The van der Waals surface area contributed by atoms with E-state index >= 15 is 0 Å². The minimum Gasteiger partial charge on any atom is -0.496 e. The summed E-state index contributed by atoms with van der Waals surface area (Å²) in [6.45, 7) is 5.21. The van der Waals surface area contributed by atoms with Gasteiger partial charge in [-0.3, -0.25) is 5.32 Å².